The van der Waals surface area contributed by atoms with Crippen molar-refractivity contribution in [3.05, 3.63) is 76.6 Å². The summed E-state index contributed by atoms with van der Waals surface area (Å²) in [6, 6.07) is 11.2. The number of benzene rings is 1. The molecule has 8 nitrogen and oxygen atoms in total. The van der Waals surface area contributed by atoms with Crippen molar-refractivity contribution >= 4 is 34.1 Å². The predicted octanol–water partition coefficient (Wildman–Crippen LogP) is 5.01. The lowest BCUT2D eigenvalue weighted by atomic mass is 9.92. The van der Waals surface area contributed by atoms with Crippen molar-refractivity contribution in [3.63, 3.8) is 0 Å². The molecule has 0 bridgehead atoms. The van der Waals surface area contributed by atoms with E-state index in [1.165, 1.54) is 17.8 Å². The van der Waals surface area contributed by atoms with Crippen LogP contribution < -0.4 is 5.63 Å². The first kappa shape index (κ1) is 21.5. The Morgan fingerprint density at radius 3 is 2.76 bits per heavy atom. The second kappa shape index (κ2) is 8.87. The Labute approximate surface area is 197 Å². The van der Waals surface area contributed by atoms with E-state index in [2.05, 4.69) is 39.3 Å². The summed E-state index contributed by atoms with van der Waals surface area (Å²) >= 11 is 3.16. The molecule has 0 unspecified atom stereocenters. The molecule has 5 rings (SSSR count). The Bertz CT molecular complexity index is 1440. The first-order valence-electron chi connectivity index (χ1n) is 10.5. The Balaban J connectivity index is 1.48. The van der Waals surface area contributed by atoms with Crippen LogP contribution in [0.15, 0.2) is 79.8 Å². The van der Waals surface area contributed by atoms with Crippen molar-refractivity contribution in [1.82, 2.24) is 30.2 Å². The summed E-state index contributed by atoms with van der Waals surface area (Å²) in [5, 5.41) is 12.7. The quantitative estimate of drug-likeness (QED) is 0.302. The third-order valence-corrected chi connectivity index (χ3v) is 8.05. The van der Waals surface area contributed by atoms with Crippen molar-refractivity contribution in [2.45, 2.75) is 41.5 Å². The van der Waals surface area contributed by atoms with E-state index in [1.807, 2.05) is 41.2 Å². The van der Waals surface area contributed by atoms with Gasteiger partial charge in [-0.15, -0.1) is 16.4 Å². The van der Waals surface area contributed by atoms with E-state index in [-0.39, 0.29) is 5.54 Å². The number of pyridine rings is 1. The molecule has 0 amide bonds. The SMILES string of the molecule is CCC(CC)(c1cnc(Sc2ccc3c(-c4cccnc4)cc(=O)oc3c2)s1)n1cnnn1. The smallest absolute Gasteiger partial charge is 0.336 e. The van der Waals surface area contributed by atoms with Crippen LogP contribution in [0, 0.1) is 0 Å². The van der Waals surface area contributed by atoms with Crippen molar-refractivity contribution in [2.24, 2.45) is 0 Å². The number of tetrazole rings is 1. The van der Waals surface area contributed by atoms with Gasteiger partial charge in [-0.1, -0.05) is 31.7 Å². The van der Waals surface area contributed by atoms with Gasteiger partial charge in [0.1, 0.15) is 17.4 Å². The minimum atomic E-state index is -0.392. The number of fused-ring (bicyclic) bond motifs is 1. The number of rotatable bonds is 7. The van der Waals surface area contributed by atoms with Crippen LogP contribution in [-0.2, 0) is 5.54 Å². The highest BCUT2D eigenvalue weighted by atomic mass is 32.2. The molecule has 5 aromatic rings. The summed E-state index contributed by atoms with van der Waals surface area (Å²) in [6.45, 7) is 4.26. The molecule has 1 aromatic carbocycles. The molecular formula is C23H20N6O2S2. The highest BCUT2D eigenvalue weighted by Gasteiger charge is 2.34. The van der Waals surface area contributed by atoms with Crippen LogP contribution >= 0.6 is 23.1 Å². The Kier molecular flexibility index (Phi) is 5.77. The Hall–Kier alpha value is -3.37. The summed E-state index contributed by atoms with van der Waals surface area (Å²) in [6.07, 6.45) is 8.71. The van der Waals surface area contributed by atoms with E-state index in [0.717, 1.165) is 43.5 Å². The lowest BCUT2D eigenvalue weighted by Crippen LogP contribution is -2.33. The summed E-state index contributed by atoms with van der Waals surface area (Å²) in [5.41, 5.74) is 1.50. The summed E-state index contributed by atoms with van der Waals surface area (Å²) in [7, 11) is 0. The standard InChI is InChI=1S/C23H20N6O2S2/c1-3-23(4-2,29-14-26-27-28-29)20-13-25-22(33-20)32-16-7-8-17-18(15-6-5-9-24-12-15)11-21(30)31-19(17)10-16/h5-14H,3-4H2,1-2H3. The molecule has 4 aromatic heterocycles. The Morgan fingerprint density at radius 2 is 2.03 bits per heavy atom. The fourth-order valence-corrected chi connectivity index (χ4v) is 6.29. The van der Waals surface area contributed by atoms with Gasteiger partial charge in [-0.25, -0.2) is 14.5 Å². The second-order valence-electron chi connectivity index (χ2n) is 7.46. The first-order valence-corrected chi connectivity index (χ1v) is 12.1. The molecule has 166 valence electrons. The van der Waals surface area contributed by atoms with Gasteiger partial charge in [0, 0.05) is 46.1 Å². The Morgan fingerprint density at radius 1 is 1.15 bits per heavy atom. The summed E-state index contributed by atoms with van der Waals surface area (Å²) < 4.78 is 8.23. The molecule has 4 heterocycles. The molecule has 0 aliphatic carbocycles. The normalized spacial score (nSPS) is 11.8. The number of nitrogens with zero attached hydrogens (tertiary/aromatic N) is 6. The molecule has 0 saturated heterocycles. The van der Waals surface area contributed by atoms with E-state index < -0.39 is 5.63 Å². The predicted molar refractivity (Wildman–Crippen MR) is 127 cm³/mol. The van der Waals surface area contributed by atoms with E-state index in [0.29, 0.717) is 5.58 Å². The third kappa shape index (κ3) is 3.96. The zero-order valence-corrected chi connectivity index (χ0v) is 19.6. The van der Waals surface area contributed by atoms with E-state index in [4.69, 9.17) is 4.42 Å². The fourth-order valence-electron chi connectivity index (χ4n) is 3.98. The fraction of sp³-hybridized carbons (Fsp3) is 0.217. The second-order valence-corrected chi connectivity index (χ2v) is 9.82. The molecule has 33 heavy (non-hydrogen) atoms. The average Bonchev–Trinajstić information content (AvgIpc) is 3.54. The number of hydrogen-bond acceptors (Lipinski definition) is 9. The molecule has 0 spiro atoms. The lowest BCUT2D eigenvalue weighted by Gasteiger charge is -2.29. The van der Waals surface area contributed by atoms with Crippen LogP contribution in [0.2, 0.25) is 0 Å². The number of aromatic nitrogens is 6. The van der Waals surface area contributed by atoms with Crippen molar-refractivity contribution in [2.75, 3.05) is 0 Å². The topological polar surface area (TPSA) is 99.6 Å². The molecule has 10 heteroatoms. The van der Waals surface area contributed by atoms with Crippen molar-refractivity contribution < 1.29 is 4.42 Å². The van der Waals surface area contributed by atoms with Gasteiger partial charge < -0.3 is 4.42 Å². The highest BCUT2D eigenvalue weighted by Crippen LogP contribution is 2.41. The number of thiazole rings is 1. The lowest BCUT2D eigenvalue weighted by molar-refractivity contribution is 0.296. The number of hydrogen-bond donors (Lipinski definition) is 0. The molecular weight excluding hydrogens is 456 g/mol. The molecule has 0 saturated carbocycles. The monoisotopic (exact) mass is 476 g/mol. The van der Waals surface area contributed by atoms with Gasteiger partial charge in [-0.3, -0.25) is 4.98 Å². The first-order chi connectivity index (χ1) is 16.1. The van der Waals surface area contributed by atoms with Gasteiger partial charge in [0.15, 0.2) is 4.34 Å². The van der Waals surface area contributed by atoms with Crippen LogP contribution in [0.5, 0.6) is 0 Å². The molecule has 0 aliphatic heterocycles. The zero-order chi connectivity index (χ0) is 22.8. The maximum atomic E-state index is 12.2. The summed E-state index contributed by atoms with van der Waals surface area (Å²) in [4.78, 5) is 23.1. The molecule has 0 radical (unpaired) electrons. The van der Waals surface area contributed by atoms with Crippen molar-refractivity contribution in [1.29, 1.82) is 0 Å². The van der Waals surface area contributed by atoms with Crippen LogP contribution in [0.1, 0.15) is 31.6 Å². The molecule has 0 fully saturated rings. The van der Waals surface area contributed by atoms with Crippen LogP contribution in [0.25, 0.3) is 22.1 Å². The largest absolute Gasteiger partial charge is 0.423 e. The van der Waals surface area contributed by atoms with Crippen LogP contribution in [0.4, 0.5) is 0 Å². The average molecular weight is 477 g/mol. The maximum absolute atomic E-state index is 12.2. The van der Waals surface area contributed by atoms with E-state index in [9.17, 15) is 4.79 Å². The van der Waals surface area contributed by atoms with Crippen molar-refractivity contribution in [3.8, 4) is 11.1 Å². The minimum Gasteiger partial charge on any atom is -0.423 e. The molecule has 0 N–H and O–H groups in total. The van der Waals surface area contributed by atoms with Gasteiger partial charge in [-0.2, -0.15) is 0 Å². The highest BCUT2D eigenvalue weighted by molar-refractivity contribution is 8.01. The van der Waals surface area contributed by atoms with E-state index >= 15 is 0 Å². The zero-order valence-electron chi connectivity index (χ0n) is 18.0. The van der Waals surface area contributed by atoms with Gasteiger partial charge in [0.05, 0.1) is 4.88 Å². The van der Waals surface area contributed by atoms with Crippen LogP contribution in [-0.4, -0.2) is 30.2 Å². The minimum absolute atomic E-state index is 0.325. The summed E-state index contributed by atoms with van der Waals surface area (Å²) in [5.74, 6) is 0. The van der Waals surface area contributed by atoms with Gasteiger partial charge in [0.25, 0.3) is 0 Å². The molecule has 0 aliphatic rings. The third-order valence-electron chi connectivity index (χ3n) is 5.79. The van der Waals surface area contributed by atoms with Gasteiger partial charge >= 0.3 is 5.63 Å². The van der Waals surface area contributed by atoms with Crippen LogP contribution in [0.3, 0.4) is 0 Å². The van der Waals surface area contributed by atoms with E-state index in [1.54, 1.807) is 30.1 Å². The molecule has 0 atom stereocenters. The van der Waals surface area contributed by atoms with Gasteiger partial charge in [-0.05, 0) is 47.5 Å². The maximum Gasteiger partial charge on any atom is 0.336 e. The van der Waals surface area contributed by atoms with Gasteiger partial charge in [0.2, 0.25) is 0 Å².